The standard InChI is InChI=1S/C18H24N6O3/c1-12-8-9-14(27-12)16-13-11-20-24(17(13)22-18(19)21-16)10-6-4-2-3-5-7-15(25)23-26/h8-9,11,26H,2-7,10H2,1H3,(H,23,25)(H2,19,21,22). The molecule has 144 valence electrons. The highest BCUT2D eigenvalue weighted by Gasteiger charge is 2.15. The molecule has 0 saturated heterocycles. The van der Waals surface area contributed by atoms with Crippen LogP contribution in [0.15, 0.2) is 22.7 Å². The minimum atomic E-state index is -0.335. The highest BCUT2D eigenvalue weighted by Crippen LogP contribution is 2.28. The van der Waals surface area contributed by atoms with Gasteiger partial charge in [-0.15, -0.1) is 0 Å². The third-order valence-corrected chi connectivity index (χ3v) is 4.39. The summed E-state index contributed by atoms with van der Waals surface area (Å²) in [5, 5.41) is 13.7. The SMILES string of the molecule is Cc1ccc(-c2nc(N)nc3c2cnn3CCCCCCCC(=O)NO)o1. The lowest BCUT2D eigenvalue weighted by atomic mass is 10.1. The molecule has 3 rings (SSSR count). The topological polar surface area (TPSA) is 132 Å². The number of amides is 1. The van der Waals surface area contributed by atoms with Gasteiger partial charge in [-0.1, -0.05) is 19.3 Å². The maximum absolute atomic E-state index is 10.9. The first-order chi connectivity index (χ1) is 13.1. The fraction of sp³-hybridized carbons (Fsp3) is 0.444. The van der Waals surface area contributed by atoms with Crippen molar-refractivity contribution in [2.45, 2.75) is 52.0 Å². The van der Waals surface area contributed by atoms with Crippen molar-refractivity contribution in [2.75, 3.05) is 5.73 Å². The number of hydrogen-bond donors (Lipinski definition) is 3. The van der Waals surface area contributed by atoms with Gasteiger partial charge in [0.1, 0.15) is 11.5 Å². The molecule has 0 saturated carbocycles. The number of furan rings is 1. The van der Waals surface area contributed by atoms with E-state index in [1.54, 1.807) is 11.7 Å². The van der Waals surface area contributed by atoms with Crippen molar-refractivity contribution in [3.8, 4) is 11.5 Å². The number of hydrogen-bond acceptors (Lipinski definition) is 7. The van der Waals surface area contributed by atoms with Crippen LogP contribution in [0.5, 0.6) is 0 Å². The fourth-order valence-corrected chi connectivity index (χ4v) is 3.02. The van der Waals surface area contributed by atoms with E-state index in [1.807, 2.05) is 23.7 Å². The number of aromatic nitrogens is 4. The van der Waals surface area contributed by atoms with Crippen LogP contribution in [0.2, 0.25) is 0 Å². The van der Waals surface area contributed by atoms with Crippen LogP contribution in [-0.4, -0.2) is 30.9 Å². The lowest BCUT2D eigenvalue weighted by Gasteiger charge is -2.05. The maximum Gasteiger partial charge on any atom is 0.243 e. The molecular weight excluding hydrogens is 348 g/mol. The largest absolute Gasteiger partial charge is 0.460 e. The highest BCUT2D eigenvalue weighted by molar-refractivity contribution is 5.89. The molecule has 4 N–H and O–H groups in total. The normalized spacial score (nSPS) is 11.2. The summed E-state index contributed by atoms with van der Waals surface area (Å²) in [4.78, 5) is 19.6. The Kier molecular flexibility index (Phi) is 6.02. The van der Waals surface area contributed by atoms with Crippen LogP contribution in [0.4, 0.5) is 5.95 Å². The first-order valence-corrected chi connectivity index (χ1v) is 9.07. The zero-order valence-corrected chi connectivity index (χ0v) is 15.3. The van der Waals surface area contributed by atoms with Gasteiger partial charge in [0.05, 0.1) is 11.6 Å². The monoisotopic (exact) mass is 372 g/mol. The average Bonchev–Trinajstić information content (AvgIpc) is 3.26. The zero-order valence-electron chi connectivity index (χ0n) is 15.3. The van der Waals surface area contributed by atoms with Crippen LogP contribution >= 0.6 is 0 Å². The number of carbonyl (C=O) groups excluding carboxylic acids is 1. The van der Waals surface area contributed by atoms with Crippen molar-refractivity contribution in [3.05, 3.63) is 24.1 Å². The Morgan fingerprint density at radius 2 is 2.00 bits per heavy atom. The summed E-state index contributed by atoms with van der Waals surface area (Å²) < 4.78 is 7.52. The van der Waals surface area contributed by atoms with Crippen LogP contribution in [0, 0.1) is 6.92 Å². The molecule has 9 nitrogen and oxygen atoms in total. The van der Waals surface area contributed by atoms with E-state index in [4.69, 9.17) is 15.4 Å². The molecule has 0 spiro atoms. The summed E-state index contributed by atoms with van der Waals surface area (Å²) in [7, 11) is 0. The molecule has 3 aromatic rings. The fourth-order valence-electron chi connectivity index (χ4n) is 3.02. The number of aryl methyl sites for hydroxylation is 2. The smallest absolute Gasteiger partial charge is 0.243 e. The highest BCUT2D eigenvalue weighted by atomic mass is 16.5. The number of nitrogens with two attached hydrogens (primary N) is 1. The second kappa shape index (κ2) is 8.63. The van der Waals surface area contributed by atoms with Crippen LogP contribution < -0.4 is 11.2 Å². The van der Waals surface area contributed by atoms with Gasteiger partial charge >= 0.3 is 0 Å². The minimum absolute atomic E-state index is 0.190. The maximum atomic E-state index is 10.9. The number of carbonyl (C=O) groups is 1. The summed E-state index contributed by atoms with van der Waals surface area (Å²) in [6.45, 7) is 2.61. The quantitative estimate of drug-likeness (QED) is 0.299. The molecule has 0 radical (unpaired) electrons. The molecule has 3 aromatic heterocycles. The molecule has 9 heteroatoms. The number of rotatable bonds is 9. The molecule has 0 aliphatic carbocycles. The van der Waals surface area contributed by atoms with Gasteiger partial charge in [-0.3, -0.25) is 10.0 Å². The van der Waals surface area contributed by atoms with Crippen molar-refractivity contribution in [3.63, 3.8) is 0 Å². The van der Waals surface area contributed by atoms with E-state index in [-0.39, 0.29) is 11.9 Å². The predicted octanol–water partition coefficient (Wildman–Crippen LogP) is 2.82. The third kappa shape index (κ3) is 4.62. The number of nitrogen functional groups attached to an aromatic ring is 1. The number of hydroxylamine groups is 1. The van der Waals surface area contributed by atoms with Gasteiger partial charge in [0.2, 0.25) is 11.9 Å². The summed E-state index contributed by atoms with van der Waals surface area (Å²) in [5.41, 5.74) is 8.88. The molecule has 27 heavy (non-hydrogen) atoms. The van der Waals surface area contributed by atoms with Gasteiger partial charge in [-0.05, 0) is 31.9 Å². The van der Waals surface area contributed by atoms with Crippen molar-refractivity contribution < 1.29 is 14.4 Å². The van der Waals surface area contributed by atoms with E-state index in [0.29, 0.717) is 23.5 Å². The van der Waals surface area contributed by atoms with E-state index in [2.05, 4.69) is 15.1 Å². The van der Waals surface area contributed by atoms with Gasteiger partial charge in [0, 0.05) is 13.0 Å². The van der Waals surface area contributed by atoms with Crippen LogP contribution in [-0.2, 0) is 11.3 Å². The number of unbranched alkanes of at least 4 members (excludes halogenated alkanes) is 4. The van der Waals surface area contributed by atoms with Crippen LogP contribution in [0.25, 0.3) is 22.5 Å². The van der Waals surface area contributed by atoms with E-state index in [9.17, 15) is 4.79 Å². The van der Waals surface area contributed by atoms with Crippen molar-refractivity contribution in [2.24, 2.45) is 0 Å². The summed E-state index contributed by atoms with van der Waals surface area (Å²) in [6.07, 6.45) is 6.80. The van der Waals surface area contributed by atoms with Gasteiger partial charge < -0.3 is 10.2 Å². The Morgan fingerprint density at radius 1 is 1.22 bits per heavy atom. The second-order valence-corrected chi connectivity index (χ2v) is 6.50. The molecule has 0 aromatic carbocycles. The van der Waals surface area contributed by atoms with E-state index in [1.165, 1.54) is 0 Å². The molecule has 3 heterocycles. The number of fused-ring (bicyclic) bond motifs is 1. The Labute approximate surface area is 156 Å². The zero-order chi connectivity index (χ0) is 19.2. The third-order valence-electron chi connectivity index (χ3n) is 4.39. The molecule has 0 atom stereocenters. The molecule has 0 aliphatic heterocycles. The Hall–Kier alpha value is -2.94. The van der Waals surface area contributed by atoms with Crippen molar-refractivity contribution in [1.82, 2.24) is 25.2 Å². The Balaban J connectivity index is 1.60. The predicted molar refractivity (Wildman–Crippen MR) is 99.8 cm³/mol. The molecule has 0 unspecified atom stereocenters. The average molecular weight is 372 g/mol. The first kappa shape index (κ1) is 18.8. The Bertz CT molecular complexity index is 917. The minimum Gasteiger partial charge on any atom is -0.460 e. The van der Waals surface area contributed by atoms with Crippen molar-refractivity contribution in [1.29, 1.82) is 0 Å². The van der Waals surface area contributed by atoms with Crippen LogP contribution in [0.1, 0.15) is 44.3 Å². The number of anilines is 1. The lowest BCUT2D eigenvalue weighted by molar-refractivity contribution is -0.129. The van der Waals surface area contributed by atoms with Gasteiger partial charge in [-0.2, -0.15) is 10.1 Å². The number of nitrogens with zero attached hydrogens (tertiary/aromatic N) is 4. The molecule has 1 amide bonds. The Morgan fingerprint density at radius 3 is 2.74 bits per heavy atom. The van der Waals surface area contributed by atoms with Crippen molar-refractivity contribution >= 4 is 22.9 Å². The second-order valence-electron chi connectivity index (χ2n) is 6.50. The molecule has 0 fully saturated rings. The lowest BCUT2D eigenvalue weighted by Crippen LogP contribution is -2.17. The van der Waals surface area contributed by atoms with E-state index in [0.717, 1.165) is 49.8 Å². The van der Waals surface area contributed by atoms with Gasteiger partial charge in [0.25, 0.3) is 0 Å². The van der Waals surface area contributed by atoms with E-state index < -0.39 is 0 Å². The van der Waals surface area contributed by atoms with E-state index >= 15 is 0 Å². The first-order valence-electron chi connectivity index (χ1n) is 9.07. The summed E-state index contributed by atoms with van der Waals surface area (Å²) in [6, 6.07) is 3.75. The molecular formula is C18H24N6O3. The summed E-state index contributed by atoms with van der Waals surface area (Å²) >= 11 is 0. The molecule has 0 bridgehead atoms. The van der Waals surface area contributed by atoms with Gasteiger partial charge in [0.15, 0.2) is 11.4 Å². The van der Waals surface area contributed by atoms with Gasteiger partial charge in [-0.25, -0.2) is 15.1 Å². The number of nitrogens with one attached hydrogen (secondary N) is 1. The van der Waals surface area contributed by atoms with Crippen LogP contribution in [0.3, 0.4) is 0 Å². The summed E-state index contributed by atoms with van der Waals surface area (Å²) in [5.74, 6) is 1.31. The molecule has 0 aliphatic rings.